The summed E-state index contributed by atoms with van der Waals surface area (Å²) in [5.74, 6) is 0.673. The summed E-state index contributed by atoms with van der Waals surface area (Å²) in [6, 6.07) is 4.75. The second kappa shape index (κ2) is 9.17. The molecule has 0 saturated carbocycles. The average Bonchev–Trinajstić information content (AvgIpc) is 3.47. The highest BCUT2D eigenvalue weighted by molar-refractivity contribution is 5.91. The third kappa shape index (κ3) is 4.73. The minimum Gasteiger partial charge on any atom is -0.477 e. The van der Waals surface area contributed by atoms with Gasteiger partial charge in [0.1, 0.15) is 12.0 Å². The van der Waals surface area contributed by atoms with Crippen LogP contribution in [0, 0.1) is 0 Å². The van der Waals surface area contributed by atoms with Gasteiger partial charge in [0.05, 0.1) is 12.8 Å². The smallest absolute Gasteiger partial charge is 0.289 e. The van der Waals surface area contributed by atoms with Gasteiger partial charge in [-0.3, -0.25) is 19.3 Å². The van der Waals surface area contributed by atoms with Crippen LogP contribution in [0.1, 0.15) is 29.2 Å². The fraction of sp³-hybridized carbons (Fsp3) is 0.476. The van der Waals surface area contributed by atoms with Crippen LogP contribution < -0.4 is 10.2 Å². The van der Waals surface area contributed by atoms with Crippen molar-refractivity contribution in [3.8, 4) is 5.75 Å². The lowest BCUT2D eigenvalue weighted by Gasteiger charge is -2.33. The van der Waals surface area contributed by atoms with Crippen LogP contribution in [0.25, 0.3) is 0 Å². The van der Waals surface area contributed by atoms with Gasteiger partial charge in [0.15, 0.2) is 12.4 Å². The molecule has 0 aliphatic carbocycles. The molecule has 2 fully saturated rings. The molecule has 2 aliphatic heterocycles. The predicted molar refractivity (Wildman–Crippen MR) is 106 cm³/mol. The zero-order valence-corrected chi connectivity index (χ0v) is 16.7. The van der Waals surface area contributed by atoms with Crippen molar-refractivity contribution in [2.45, 2.75) is 19.4 Å². The number of amides is 2. The van der Waals surface area contributed by atoms with Crippen molar-refractivity contribution >= 4 is 11.8 Å². The first-order valence-electron chi connectivity index (χ1n) is 10.2. The van der Waals surface area contributed by atoms with E-state index in [0.717, 1.165) is 25.9 Å². The molecule has 4 rings (SSSR count). The van der Waals surface area contributed by atoms with Gasteiger partial charge in [0, 0.05) is 45.3 Å². The highest BCUT2D eigenvalue weighted by Gasteiger charge is 2.24. The van der Waals surface area contributed by atoms with Crippen LogP contribution >= 0.6 is 0 Å². The SMILES string of the molecule is O=C(COc1coc(CN2CCN(C(=O)c3ccco3)CC2)cc1=O)N1CCCC1. The summed E-state index contributed by atoms with van der Waals surface area (Å²) in [5, 5.41) is 0. The molecule has 9 heteroatoms. The molecule has 0 bridgehead atoms. The maximum Gasteiger partial charge on any atom is 0.289 e. The summed E-state index contributed by atoms with van der Waals surface area (Å²) in [4.78, 5) is 42.3. The van der Waals surface area contributed by atoms with Gasteiger partial charge in [0.25, 0.3) is 11.8 Å². The first-order chi connectivity index (χ1) is 14.6. The first kappa shape index (κ1) is 20.2. The molecule has 2 saturated heterocycles. The Balaban J connectivity index is 1.26. The van der Waals surface area contributed by atoms with Gasteiger partial charge in [-0.1, -0.05) is 0 Å². The van der Waals surface area contributed by atoms with Crippen molar-refractivity contribution in [2.75, 3.05) is 45.9 Å². The average molecular weight is 415 g/mol. The van der Waals surface area contributed by atoms with E-state index in [1.807, 2.05) is 0 Å². The topological polar surface area (TPSA) is 96.4 Å². The minimum absolute atomic E-state index is 0.0418. The molecule has 0 radical (unpaired) electrons. The first-order valence-corrected chi connectivity index (χ1v) is 10.2. The van der Waals surface area contributed by atoms with Crippen molar-refractivity contribution in [2.24, 2.45) is 0 Å². The van der Waals surface area contributed by atoms with E-state index in [0.29, 0.717) is 44.2 Å². The number of carbonyl (C=O) groups excluding carboxylic acids is 2. The lowest BCUT2D eigenvalue weighted by atomic mass is 10.2. The molecule has 0 aromatic carbocycles. The molecule has 0 spiro atoms. The number of carbonyl (C=O) groups is 2. The molecular weight excluding hydrogens is 390 g/mol. The number of hydrogen-bond acceptors (Lipinski definition) is 7. The van der Waals surface area contributed by atoms with E-state index in [1.165, 1.54) is 18.6 Å². The highest BCUT2D eigenvalue weighted by Crippen LogP contribution is 2.14. The standard InChI is InChI=1S/C21H25N3O6/c25-17-12-16(29-14-19(17)30-15-20(26)23-5-1-2-6-23)13-22-7-9-24(10-8-22)21(27)18-4-3-11-28-18/h3-4,11-12,14H,1-2,5-10,13,15H2. The summed E-state index contributed by atoms with van der Waals surface area (Å²) in [7, 11) is 0. The molecule has 2 aromatic rings. The number of nitrogens with zero attached hydrogens (tertiary/aromatic N) is 3. The zero-order valence-electron chi connectivity index (χ0n) is 16.7. The Bertz CT molecular complexity index is 924. The molecular formula is C21H25N3O6. The van der Waals surface area contributed by atoms with Gasteiger partial charge < -0.3 is 23.4 Å². The number of likely N-dealkylation sites (tertiary alicyclic amines) is 1. The summed E-state index contributed by atoms with van der Waals surface area (Å²) < 4.78 is 16.1. The van der Waals surface area contributed by atoms with Crippen molar-refractivity contribution < 1.29 is 23.2 Å². The monoisotopic (exact) mass is 415 g/mol. The van der Waals surface area contributed by atoms with Crippen LogP contribution in [0.4, 0.5) is 0 Å². The Kier molecular flexibility index (Phi) is 6.18. The van der Waals surface area contributed by atoms with Crippen LogP contribution in [-0.4, -0.2) is 72.4 Å². The maximum absolute atomic E-state index is 12.3. The van der Waals surface area contributed by atoms with Crippen LogP contribution in [0.2, 0.25) is 0 Å². The summed E-state index contributed by atoms with van der Waals surface area (Å²) in [6.45, 7) is 4.28. The predicted octanol–water partition coefficient (Wildman–Crippen LogP) is 1.19. The molecule has 0 unspecified atom stereocenters. The summed E-state index contributed by atoms with van der Waals surface area (Å²) in [6.07, 6.45) is 4.77. The molecule has 2 amide bonds. The van der Waals surface area contributed by atoms with Crippen LogP contribution in [0.5, 0.6) is 5.75 Å². The Morgan fingerprint density at radius 1 is 1.00 bits per heavy atom. The van der Waals surface area contributed by atoms with Gasteiger partial charge in [-0.15, -0.1) is 0 Å². The summed E-state index contributed by atoms with van der Waals surface area (Å²) >= 11 is 0. The zero-order chi connectivity index (χ0) is 20.9. The highest BCUT2D eigenvalue weighted by atomic mass is 16.5. The van der Waals surface area contributed by atoms with E-state index in [4.69, 9.17) is 13.6 Å². The number of hydrogen-bond donors (Lipinski definition) is 0. The van der Waals surface area contributed by atoms with Gasteiger partial charge in [0.2, 0.25) is 11.2 Å². The van der Waals surface area contributed by atoms with Gasteiger partial charge in [-0.05, 0) is 25.0 Å². The molecule has 4 heterocycles. The molecule has 0 atom stereocenters. The molecule has 2 aliphatic rings. The maximum atomic E-state index is 12.3. The molecule has 2 aromatic heterocycles. The van der Waals surface area contributed by atoms with Crippen LogP contribution in [-0.2, 0) is 11.3 Å². The number of rotatable bonds is 6. The van der Waals surface area contributed by atoms with Crippen molar-refractivity contribution in [1.29, 1.82) is 0 Å². The van der Waals surface area contributed by atoms with Crippen molar-refractivity contribution in [3.05, 3.63) is 52.5 Å². The van der Waals surface area contributed by atoms with E-state index in [2.05, 4.69) is 4.90 Å². The number of ether oxygens (including phenoxy) is 1. The second-order valence-corrected chi connectivity index (χ2v) is 7.50. The lowest BCUT2D eigenvalue weighted by Crippen LogP contribution is -2.48. The summed E-state index contributed by atoms with van der Waals surface area (Å²) in [5.41, 5.74) is -0.308. The Hall–Kier alpha value is -3.07. The number of furan rings is 1. The Morgan fingerprint density at radius 3 is 2.43 bits per heavy atom. The quantitative estimate of drug-likeness (QED) is 0.699. The Morgan fingerprint density at radius 2 is 1.77 bits per heavy atom. The van der Waals surface area contributed by atoms with Crippen molar-refractivity contribution in [3.63, 3.8) is 0 Å². The molecule has 9 nitrogen and oxygen atoms in total. The molecule has 30 heavy (non-hydrogen) atoms. The van der Waals surface area contributed by atoms with Gasteiger partial charge >= 0.3 is 0 Å². The van der Waals surface area contributed by atoms with Crippen molar-refractivity contribution in [1.82, 2.24) is 14.7 Å². The Labute approximate surface area is 173 Å². The van der Waals surface area contributed by atoms with E-state index < -0.39 is 0 Å². The fourth-order valence-electron chi connectivity index (χ4n) is 3.71. The van der Waals surface area contributed by atoms with E-state index in [1.54, 1.807) is 21.9 Å². The van der Waals surface area contributed by atoms with Gasteiger partial charge in [-0.2, -0.15) is 0 Å². The van der Waals surface area contributed by atoms with Crippen LogP contribution in [0.15, 0.2) is 44.4 Å². The normalized spacial score (nSPS) is 17.3. The third-order valence-electron chi connectivity index (χ3n) is 5.43. The fourth-order valence-corrected chi connectivity index (χ4v) is 3.71. The number of piperazine rings is 1. The minimum atomic E-state index is -0.308. The second-order valence-electron chi connectivity index (χ2n) is 7.50. The van der Waals surface area contributed by atoms with E-state index in [9.17, 15) is 14.4 Å². The van der Waals surface area contributed by atoms with Gasteiger partial charge in [-0.25, -0.2) is 0 Å². The van der Waals surface area contributed by atoms with E-state index >= 15 is 0 Å². The molecule has 160 valence electrons. The van der Waals surface area contributed by atoms with Crippen LogP contribution in [0.3, 0.4) is 0 Å². The van der Waals surface area contributed by atoms with E-state index in [-0.39, 0.29) is 29.6 Å². The lowest BCUT2D eigenvalue weighted by molar-refractivity contribution is -0.132. The molecule has 0 N–H and O–H groups in total. The largest absolute Gasteiger partial charge is 0.477 e. The third-order valence-corrected chi connectivity index (χ3v) is 5.43.